The second-order valence-corrected chi connectivity index (χ2v) is 8.62. The highest BCUT2D eigenvalue weighted by molar-refractivity contribution is 6.46. The molecule has 2 aliphatic rings. The molecule has 0 radical (unpaired) electrons. The smallest absolute Gasteiger partial charge is 0.295 e. The van der Waals surface area contributed by atoms with Gasteiger partial charge in [0.25, 0.3) is 11.7 Å². The number of benzene rings is 3. The third kappa shape index (κ3) is 4.31. The van der Waals surface area contributed by atoms with Gasteiger partial charge in [-0.15, -0.1) is 0 Å². The number of carbonyl (C=O) groups is 2. The Hall–Kier alpha value is -3.97. The molecule has 1 amide bonds. The first-order valence-corrected chi connectivity index (χ1v) is 11.4. The van der Waals surface area contributed by atoms with E-state index in [-0.39, 0.29) is 17.9 Å². The molecule has 2 aliphatic heterocycles. The average molecular weight is 492 g/mol. The van der Waals surface area contributed by atoms with E-state index in [2.05, 4.69) is 0 Å². The minimum Gasteiger partial charge on any atom is -0.507 e. The number of carbonyl (C=O) groups excluding carboxylic acids is 2. The Morgan fingerprint density at radius 2 is 1.69 bits per heavy atom. The molecule has 2 heterocycles. The molecule has 178 valence electrons. The van der Waals surface area contributed by atoms with E-state index < -0.39 is 17.7 Å². The quantitative estimate of drug-likeness (QED) is 0.315. The zero-order chi connectivity index (χ0) is 24.5. The maximum absolute atomic E-state index is 13.2. The Morgan fingerprint density at radius 3 is 2.37 bits per heavy atom. The molecule has 3 aromatic rings. The van der Waals surface area contributed by atoms with Crippen molar-refractivity contribution in [3.63, 3.8) is 0 Å². The minimum absolute atomic E-state index is 0.00233. The first-order valence-electron chi connectivity index (χ1n) is 11.0. The predicted molar refractivity (Wildman–Crippen MR) is 130 cm³/mol. The topological polar surface area (TPSA) is 85.3 Å². The summed E-state index contributed by atoms with van der Waals surface area (Å²) in [5.41, 5.74) is 1.82. The number of likely N-dealkylation sites (tertiary alicyclic amines) is 1. The normalized spacial score (nSPS) is 18.6. The molecule has 1 fully saturated rings. The maximum atomic E-state index is 13.2. The van der Waals surface area contributed by atoms with E-state index in [4.69, 9.17) is 25.8 Å². The number of aliphatic hydroxyl groups excluding tert-OH is 1. The third-order valence-corrected chi connectivity index (χ3v) is 6.31. The van der Waals surface area contributed by atoms with Crippen LogP contribution in [0.25, 0.3) is 5.76 Å². The Bertz CT molecular complexity index is 1320. The molecule has 0 spiro atoms. The van der Waals surface area contributed by atoms with Crippen molar-refractivity contribution in [1.82, 2.24) is 4.90 Å². The van der Waals surface area contributed by atoms with Gasteiger partial charge in [0.2, 0.25) is 0 Å². The van der Waals surface area contributed by atoms with Gasteiger partial charge in [0.15, 0.2) is 11.5 Å². The summed E-state index contributed by atoms with van der Waals surface area (Å²) in [5.74, 6) is -0.0234. The van der Waals surface area contributed by atoms with E-state index in [0.717, 1.165) is 5.56 Å². The van der Waals surface area contributed by atoms with E-state index in [1.807, 2.05) is 12.1 Å². The van der Waals surface area contributed by atoms with Crippen molar-refractivity contribution >= 4 is 29.1 Å². The number of Topliss-reactive ketones (excluding diaryl/α,β-unsaturated/α-hetero) is 1. The molecule has 1 atom stereocenters. The van der Waals surface area contributed by atoms with Gasteiger partial charge < -0.3 is 24.2 Å². The molecule has 0 saturated carbocycles. The number of aliphatic hydroxyl groups is 1. The summed E-state index contributed by atoms with van der Waals surface area (Å²) in [5, 5.41) is 11.8. The second kappa shape index (κ2) is 9.35. The number of hydrogen-bond acceptors (Lipinski definition) is 6. The third-order valence-electron chi connectivity index (χ3n) is 6.05. The van der Waals surface area contributed by atoms with Crippen LogP contribution in [0.5, 0.6) is 17.2 Å². The fourth-order valence-electron chi connectivity index (χ4n) is 4.31. The predicted octanol–water partition coefficient (Wildman–Crippen LogP) is 4.74. The average Bonchev–Trinajstić information content (AvgIpc) is 3.13. The number of ether oxygens (including phenoxy) is 3. The number of halogens is 1. The summed E-state index contributed by atoms with van der Waals surface area (Å²) in [6, 6.07) is 18.2. The van der Waals surface area contributed by atoms with Crippen LogP contribution in [0.15, 0.2) is 72.3 Å². The van der Waals surface area contributed by atoms with Crippen molar-refractivity contribution in [2.24, 2.45) is 0 Å². The van der Waals surface area contributed by atoms with Crippen molar-refractivity contribution in [1.29, 1.82) is 0 Å². The monoisotopic (exact) mass is 491 g/mol. The van der Waals surface area contributed by atoms with E-state index in [1.54, 1.807) is 61.7 Å². The Morgan fingerprint density at radius 1 is 1.00 bits per heavy atom. The van der Waals surface area contributed by atoms with Crippen LogP contribution in [0.1, 0.15) is 22.7 Å². The van der Waals surface area contributed by atoms with Gasteiger partial charge in [-0.25, -0.2) is 0 Å². The van der Waals surface area contributed by atoms with Gasteiger partial charge in [-0.3, -0.25) is 9.59 Å². The van der Waals surface area contributed by atoms with Gasteiger partial charge in [0, 0.05) is 17.1 Å². The lowest BCUT2D eigenvalue weighted by Crippen LogP contribution is -2.29. The van der Waals surface area contributed by atoms with Gasteiger partial charge in [0.05, 0.1) is 18.7 Å². The second-order valence-electron chi connectivity index (χ2n) is 8.19. The molecular weight excluding hydrogens is 470 g/mol. The fraction of sp³-hybridized carbons (Fsp3) is 0.185. The van der Waals surface area contributed by atoms with Crippen molar-refractivity contribution < 1.29 is 28.9 Å². The SMILES string of the molecule is COc1ccc(CN2C(=O)C(=O)/C(=C(\O)c3ccc4c(c3)OCCO4)C2c2ccc(Cl)cc2)cc1. The lowest BCUT2D eigenvalue weighted by molar-refractivity contribution is -0.140. The van der Waals surface area contributed by atoms with Gasteiger partial charge in [-0.05, 0) is 53.6 Å². The first kappa shape index (κ1) is 22.8. The van der Waals surface area contributed by atoms with Crippen LogP contribution < -0.4 is 14.2 Å². The minimum atomic E-state index is -0.803. The molecule has 0 bridgehead atoms. The summed E-state index contributed by atoms with van der Waals surface area (Å²) >= 11 is 6.09. The highest BCUT2D eigenvalue weighted by Crippen LogP contribution is 2.42. The summed E-state index contributed by atoms with van der Waals surface area (Å²) in [4.78, 5) is 27.9. The van der Waals surface area contributed by atoms with Crippen LogP contribution in [-0.2, 0) is 16.1 Å². The number of hydrogen-bond donors (Lipinski definition) is 1. The van der Waals surface area contributed by atoms with Crippen molar-refractivity contribution in [2.75, 3.05) is 20.3 Å². The molecule has 5 rings (SSSR count). The molecule has 0 aliphatic carbocycles. The lowest BCUT2D eigenvalue weighted by Gasteiger charge is -2.26. The van der Waals surface area contributed by atoms with Crippen LogP contribution in [0.3, 0.4) is 0 Å². The molecule has 0 aromatic heterocycles. The molecule has 8 heteroatoms. The summed E-state index contributed by atoms with van der Waals surface area (Å²) in [6.45, 7) is 0.986. The Balaban J connectivity index is 1.60. The summed E-state index contributed by atoms with van der Waals surface area (Å²) in [6.07, 6.45) is 0. The zero-order valence-electron chi connectivity index (χ0n) is 18.9. The van der Waals surface area contributed by atoms with Gasteiger partial charge in [-0.1, -0.05) is 35.9 Å². The van der Waals surface area contributed by atoms with Crippen molar-refractivity contribution in [2.45, 2.75) is 12.6 Å². The number of fused-ring (bicyclic) bond motifs is 1. The van der Waals surface area contributed by atoms with Crippen LogP contribution >= 0.6 is 11.6 Å². The number of amides is 1. The van der Waals surface area contributed by atoms with Gasteiger partial charge in [0.1, 0.15) is 24.7 Å². The van der Waals surface area contributed by atoms with E-state index in [1.165, 1.54) is 4.90 Å². The molecule has 3 aromatic carbocycles. The fourth-order valence-corrected chi connectivity index (χ4v) is 4.43. The zero-order valence-corrected chi connectivity index (χ0v) is 19.6. The van der Waals surface area contributed by atoms with Crippen molar-refractivity contribution in [3.05, 3.63) is 94.0 Å². The molecule has 1 N–H and O–H groups in total. The van der Waals surface area contributed by atoms with E-state index >= 15 is 0 Å². The van der Waals surface area contributed by atoms with Crippen LogP contribution in [0, 0.1) is 0 Å². The highest BCUT2D eigenvalue weighted by Gasteiger charge is 2.46. The highest BCUT2D eigenvalue weighted by atomic mass is 35.5. The van der Waals surface area contributed by atoms with Crippen molar-refractivity contribution in [3.8, 4) is 17.2 Å². The maximum Gasteiger partial charge on any atom is 0.295 e. The molecule has 1 unspecified atom stereocenters. The molecule has 35 heavy (non-hydrogen) atoms. The first-order chi connectivity index (χ1) is 17.0. The van der Waals surface area contributed by atoms with E-state index in [9.17, 15) is 14.7 Å². The van der Waals surface area contributed by atoms with Crippen LogP contribution in [-0.4, -0.2) is 42.0 Å². The van der Waals surface area contributed by atoms with Gasteiger partial charge >= 0.3 is 0 Å². The number of rotatable bonds is 5. The lowest BCUT2D eigenvalue weighted by atomic mass is 9.95. The number of methoxy groups -OCH3 is 1. The van der Waals surface area contributed by atoms with Crippen LogP contribution in [0.2, 0.25) is 5.02 Å². The molecule has 1 saturated heterocycles. The van der Waals surface area contributed by atoms with Crippen LogP contribution in [0.4, 0.5) is 0 Å². The number of ketones is 1. The summed E-state index contributed by atoms with van der Waals surface area (Å²) in [7, 11) is 1.58. The standard InChI is InChI=1S/C27H22ClNO6/c1-33-20-9-2-16(3-10-20)15-29-24(17-4-7-19(28)8-5-17)23(26(31)27(29)32)25(30)18-6-11-21-22(14-18)35-13-12-34-21/h2-11,14,24,30H,12-13,15H2,1H3/b25-23-. The molecule has 7 nitrogen and oxygen atoms in total. The van der Waals surface area contributed by atoms with Gasteiger partial charge in [-0.2, -0.15) is 0 Å². The Labute approximate surface area is 207 Å². The van der Waals surface area contributed by atoms with E-state index in [0.29, 0.717) is 46.6 Å². The Kier molecular flexibility index (Phi) is 6.09. The number of nitrogens with zero attached hydrogens (tertiary/aromatic N) is 1. The largest absolute Gasteiger partial charge is 0.507 e. The molecular formula is C27H22ClNO6. The summed E-state index contributed by atoms with van der Waals surface area (Å²) < 4.78 is 16.4.